The molecule has 50 heavy (non-hydrogen) atoms. The van der Waals surface area contributed by atoms with Crippen LogP contribution in [0.1, 0.15) is 182 Å². The number of unbranched alkanes of at least 4 members (excludes halogenated alkanes) is 14. The molecule has 0 N–H and O–H groups in total. The molecule has 0 rings (SSSR count). The van der Waals surface area contributed by atoms with Crippen molar-refractivity contribution in [3.05, 3.63) is 0 Å². The van der Waals surface area contributed by atoms with Gasteiger partial charge in [0.25, 0.3) is 0 Å². The van der Waals surface area contributed by atoms with Crippen LogP contribution in [0.4, 0.5) is 0 Å². The van der Waals surface area contributed by atoms with Gasteiger partial charge >= 0.3 is 17.9 Å². The molecule has 0 aliphatic carbocycles. The molecule has 3 atom stereocenters. The fourth-order valence-corrected chi connectivity index (χ4v) is 5.65. The summed E-state index contributed by atoms with van der Waals surface area (Å²) in [4.78, 5) is 36.1. The van der Waals surface area contributed by atoms with Crippen LogP contribution in [0, 0.1) is 0 Å². The highest BCUT2D eigenvalue weighted by molar-refractivity contribution is 5.69. The van der Waals surface area contributed by atoms with E-state index >= 15 is 0 Å². The van der Waals surface area contributed by atoms with E-state index in [0.29, 0.717) is 45.7 Å². The topological polar surface area (TPSA) is 116 Å². The van der Waals surface area contributed by atoms with Gasteiger partial charge in [-0.25, -0.2) is 0 Å². The molecule has 10 nitrogen and oxygen atoms in total. The third-order valence-corrected chi connectivity index (χ3v) is 8.71. The molecular formula is C40H76O10. The Bertz CT molecular complexity index is 777. The molecule has 0 spiro atoms. The van der Waals surface area contributed by atoms with E-state index < -0.39 is 0 Å². The van der Waals surface area contributed by atoms with E-state index in [1.807, 2.05) is 20.8 Å². The van der Waals surface area contributed by atoms with Gasteiger partial charge in [0.15, 0.2) is 0 Å². The molecule has 0 bridgehead atoms. The number of carbonyl (C=O) groups is 3. The minimum Gasteiger partial charge on any atom is -0.466 e. The number of esters is 3. The van der Waals surface area contributed by atoms with Gasteiger partial charge < -0.3 is 33.2 Å². The molecule has 0 aliphatic heterocycles. The smallest absolute Gasteiger partial charge is 0.305 e. The van der Waals surface area contributed by atoms with E-state index in [-0.39, 0.29) is 49.8 Å². The maximum atomic E-state index is 12.2. The molecule has 10 heteroatoms. The van der Waals surface area contributed by atoms with Gasteiger partial charge in [0, 0.05) is 32.5 Å². The Morgan fingerprint density at radius 1 is 0.480 bits per heavy atom. The third kappa shape index (κ3) is 31.0. The van der Waals surface area contributed by atoms with Gasteiger partial charge in [-0.15, -0.1) is 0 Å². The lowest BCUT2D eigenvalue weighted by atomic mass is 9.99. The molecule has 0 heterocycles. The quantitative estimate of drug-likeness (QED) is 0.0265. The molecule has 0 fully saturated rings. The van der Waals surface area contributed by atoms with Crippen molar-refractivity contribution in [2.45, 2.75) is 201 Å². The molecule has 0 saturated heterocycles. The summed E-state index contributed by atoms with van der Waals surface area (Å²) in [5.74, 6) is -0.481. The zero-order valence-electron chi connectivity index (χ0n) is 32.8. The van der Waals surface area contributed by atoms with Crippen LogP contribution in [-0.4, -0.2) is 76.2 Å². The van der Waals surface area contributed by atoms with Crippen LogP contribution >= 0.6 is 0 Å². The molecule has 0 saturated carbocycles. The molecule has 0 aliphatic rings. The summed E-state index contributed by atoms with van der Waals surface area (Å²) >= 11 is 0. The number of carbonyl (C=O) groups excluding carboxylic acids is 3. The van der Waals surface area contributed by atoms with Crippen molar-refractivity contribution in [2.75, 3.05) is 40.0 Å². The highest BCUT2D eigenvalue weighted by Crippen LogP contribution is 2.21. The van der Waals surface area contributed by atoms with E-state index in [1.165, 1.54) is 25.7 Å². The zero-order valence-corrected chi connectivity index (χ0v) is 32.8. The number of rotatable bonds is 38. The summed E-state index contributed by atoms with van der Waals surface area (Å²) in [5.41, 5.74) is 0. The lowest BCUT2D eigenvalue weighted by Crippen LogP contribution is -2.34. The second kappa shape index (κ2) is 37.0. The van der Waals surface area contributed by atoms with Gasteiger partial charge in [-0.3, -0.25) is 14.4 Å². The monoisotopic (exact) mass is 717 g/mol. The average molecular weight is 717 g/mol. The van der Waals surface area contributed by atoms with Crippen molar-refractivity contribution in [3.8, 4) is 0 Å². The van der Waals surface area contributed by atoms with E-state index in [0.717, 1.165) is 103 Å². The second-order valence-electron chi connectivity index (χ2n) is 13.1. The Labute approximate surface area is 305 Å². The van der Waals surface area contributed by atoms with Crippen LogP contribution in [-0.2, 0) is 47.5 Å². The Morgan fingerprint density at radius 3 is 1.62 bits per heavy atom. The minimum absolute atomic E-state index is 0.108. The number of hydrogen-bond acceptors (Lipinski definition) is 10. The summed E-state index contributed by atoms with van der Waals surface area (Å²) < 4.78 is 39.0. The maximum absolute atomic E-state index is 12.2. The van der Waals surface area contributed by atoms with Crippen molar-refractivity contribution in [1.29, 1.82) is 0 Å². The first kappa shape index (κ1) is 48.2. The maximum Gasteiger partial charge on any atom is 0.305 e. The first-order valence-electron chi connectivity index (χ1n) is 20.3. The highest BCUT2D eigenvalue weighted by atomic mass is 16.7. The first-order chi connectivity index (χ1) is 24.4. The summed E-state index contributed by atoms with van der Waals surface area (Å²) in [6.45, 7) is 12.2. The van der Waals surface area contributed by atoms with E-state index in [9.17, 15) is 14.4 Å². The minimum atomic E-state index is -0.239. The van der Waals surface area contributed by atoms with Gasteiger partial charge in [0.1, 0.15) is 25.8 Å². The Kier molecular flexibility index (Phi) is 35.7. The predicted molar refractivity (Wildman–Crippen MR) is 198 cm³/mol. The fraction of sp³-hybridized carbons (Fsp3) is 0.925. The summed E-state index contributed by atoms with van der Waals surface area (Å²) in [7, 11) is 0. The van der Waals surface area contributed by atoms with Gasteiger partial charge in [0.2, 0.25) is 0 Å². The molecule has 296 valence electrons. The molecule has 0 aromatic rings. The lowest BCUT2D eigenvalue weighted by molar-refractivity contribution is -0.169. The highest BCUT2D eigenvalue weighted by Gasteiger charge is 2.25. The van der Waals surface area contributed by atoms with Crippen molar-refractivity contribution in [3.63, 3.8) is 0 Å². The molecule has 0 aromatic heterocycles. The Morgan fingerprint density at radius 2 is 1.00 bits per heavy atom. The molecular weight excluding hydrogens is 640 g/mol. The first-order valence-corrected chi connectivity index (χ1v) is 20.3. The van der Waals surface area contributed by atoms with E-state index in [2.05, 4.69) is 6.92 Å². The van der Waals surface area contributed by atoms with Crippen LogP contribution < -0.4 is 0 Å². The molecule has 0 aromatic carbocycles. The summed E-state index contributed by atoms with van der Waals surface area (Å²) in [5, 5.41) is 0. The summed E-state index contributed by atoms with van der Waals surface area (Å²) in [6, 6.07) is 0. The van der Waals surface area contributed by atoms with Gasteiger partial charge in [-0.05, 0) is 58.8 Å². The largest absolute Gasteiger partial charge is 0.466 e. The second-order valence-corrected chi connectivity index (χ2v) is 13.1. The SMILES string of the molecule is CCCCCCCCC(OC(=O)CC)C(CCCCCCCC(=O)OCCCCCCCCC(COCOCC)OC(=O)CC)OCOCC. The van der Waals surface area contributed by atoms with Crippen LogP contribution in [0.3, 0.4) is 0 Å². The van der Waals surface area contributed by atoms with Gasteiger partial charge in [-0.1, -0.05) is 104 Å². The Hall–Kier alpha value is -1.75. The molecule has 0 amide bonds. The number of ether oxygens (including phenoxy) is 7. The van der Waals surface area contributed by atoms with Gasteiger partial charge in [-0.2, -0.15) is 0 Å². The fourth-order valence-electron chi connectivity index (χ4n) is 5.65. The van der Waals surface area contributed by atoms with Crippen LogP contribution in [0.15, 0.2) is 0 Å². The number of hydrogen-bond donors (Lipinski definition) is 0. The van der Waals surface area contributed by atoms with E-state index in [1.54, 1.807) is 6.92 Å². The van der Waals surface area contributed by atoms with Crippen molar-refractivity contribution in [2.24, 2.45) is 0 Å². The normalized spacial score (nSPS) is 13.1. The predicted octanol–water partition coefficient (Wildman–Crippen LogP) is 9.78. The summed E-state index contributed by atoms with van der Waals surface area (Å²) in [6.07, 6.45) is 21.2. The van der Waals surface area contributed by atoms with Gasteiger partial charge in [0.05, 0.1) is 19.3 Å². The van der Waals surface area contributed by atoms with Crippen molar-refractivity contribution < 1.29 is 47.5 Å². The van der Waals surface area contributed by atoms with Crippen LogP contribution in [0.2, 0.25) is 0 Å². The standard InChI is InChI=1S/C40H76O10/c1-6-11-12-13-18-24-29-37(50-39(42)8-3)36(48-34-45-10-5)28-23-19-16-20-25-30-40(43)47-31-26-21-15-14-17-22-27-35(49-38(41)7-2)32-46-33-44-9-4/h35-37H,6-34H2,1-5H3. The zero-order chi connectivity index (χ0) is 36.9. The van der Waals surface area contributed by atoms with E-state index in [4.69, 9.17) is 33.2 Å². The van der Waals surface area contributed by atoms with Crippen molar-refractivity contribution >= 4 is 17.9 Å². The Balaban J connectivity index is 4.14. The lowest BCUT2D eigenvalue weighted by Gasteiger charge is -2.27. The third-order valence-electron chi connectivity index (χ3n) is 8.71. The molecule has 3 unspecified atom stereocenters. The molecule has 0 radical (unpaired) electrons. The van der Waals surface area contributed by atoms with Crippen LogP contribution in [0.5, 0.6) is 0 Å². The average Bonchev–Trinajstić information content (AvgIpc) is 3.12. The van der Waals surface area contributed by atoms with Crippen molar-refractivity contribution in [1.82, 2.24) is 0 Å². The van der Waals surface area contributed by atoms with Crippen LogP contribution in [0.25, 0.3) is 0 Å².